The van der Waals surface area contributed by atoms with E-state index in [-0.39, 0.29) is 0 Å². The lowest BCUT2D eigenvalue weighted by atomic mass is 9.86. The van der Waals surface area contributed by atoms with Crippen LogP contribution in [0.25, 0.3) is 119 Å². The van der Waals surface area contributed by atoms with Crippen LogP contribution in [0.2, 0.25) is 0 Å². The largest absolute Gasteiger partial charge is 0.228 e. The fourth-order valence-electron chi connectivity index (χ4n) is 9.14. The van der Waals surface area contributed by atoms with Crippen LogP contribution >= 0.6 is 11.3 Å². The Morgan fingerprint density at radius 2 is 0.932 bits per heavy atom. The molecule has 0 bridgehead atoms. The summed E-state index contributed by atoms with van der Waals surface area (Å²) in [6, 6.07) is 74.5. The van der Waals surface area contributed by atoms with Crippen LogP contribution in [-0.2, 0) is 0 Å². The van der Waals surface area contributed by atoms with Gasteiger partial charge in [0.25, 0.3) is 0 Å². The summed E-state index contributed by atoms with van der Waals surface area (Å²) in [5.41, 5.74) is 9.80. The molecule has 274 valence electrons. The van der Waals surface area contributed by atoms with Crippen LogP contribution in [0.4, 0.5) is 0 Å². The van der Waals surface area contributed by atoms with E-state index >= 15 is 0 Å². The van der Waals surface area contributed by atoms with Gasteiger partial charge in [0.1, 0.15) is 0 Å². The summed E-state index contributed by atoms with van der Waals surface area (Å²) in [4.78, 5) is 10.5. The highest BCUT2D eigenvalue weighted by molar-refractivity contribution is 7.25. The Hall–Kier alpha value is -7.46. The van der Waals surface area contributed by atoms with Gasteiger partial charge in [0.05, 0.1) is 11.4 Å². The van der Waals surface area contributed by atoms with Crippen LogP contribution in [0, 0.1) is 0 Å². The molecule has 0 atom stereocenters. The molecule has 0 amide bonds. The first-order valence-corrected chi connectivity index (χ1v) is 20.9. The third-order valence-corrected chi connectivity index (χ3v) is 13.0. The standard InChI is InChI=1S/C56H34N2S/c1-2-14-38(15-3-1)56-57-50(37-27-25-36(26-28-37)41-22-12-24-53-55(41)48-21-10-11-23-52(48)59-53)34-51(58-56)45-31-32-46(44-20-9-8-19-43(44)45)54-42-18-7-5-16-39(42)33-49-40-17-6-4-13-35(40)29-30-47(49)54/h1-34H. The summed E-state index contributed by atoms with van der Waals surface area (Å²) in [6.07, 6.45) is 0. The minimum Gasteiger partial charge on any atom is -0.228 e. The Morgan fingerprint density at radius 1 is 0.305 bits per heavy atom. The second kappa shape index (κ2) is 13.6. The van der Waals surface area contributed by atoms with Gasteiger partial charge in [0.2, 0.25) is 0 Å². The molecule has 0 aliphatic heterocycles. The highest BCUT2D eigenvalue weighted by Crippen LogP contribution is 2.45. The van der Waals surface area contributed by atoms with Crippen molar-refractivity contribution >= 4 is 74.6 Å². The van der Waals surface area contributed by atoms with Crippen molar-refractivity contribution in [2.45, 2.75) is 0 Å². The number of fused-ring (bicyclic) bond motifs is 8. The van der Waals surface area contributed by atoms with E-state index in [0.29, 0.717) is 5.82 Å². The summed E-state index contributed by atoms with van der Waals surface area (Å²) < 4.78 is 2.62. The van der Waals surface area contributed by atoms with Crippen LogP contribution in [-0.4, -0.2) is 9.97 Å². The predicted octanol–water partition coefficient (Wildman–Crippen LogP) is 15.8. The van der Waals surface area contributed by atoms with E-state index in [1.54, 1.807) is 0 Å². The van der Waals surface area contributed by atoms with E-state index in [1.807, 2.05) is 17.4 Å². The van der Waals surface area contributed by atoms with Crippen molar-refractivity contribution in [3.05, 3.63) is 206 Å². The summed E-state index contributed by atoms with van der Waals surface area (Å²) in [5.74, 6) is 0.705. The van der Waals surface area contributed by atoms with Crippen LogP contribution < -0.4 is 0 Å². The summed E-state index contributed by atoms with van der Waals surface area (Å²) in [6.45, 7) is 0. The SMILES string of the molecule is c1ccc(-c2nc(-c3ccc(-c4cccc5sc6ccccc6c45)cc3)cc(-c3ccc(-c4c5ccccc5cc5c4ccc4ccccc45)c4ccccc34)n2)cc1. The van der Waals surface area contributed by atoms with Gasteiger partial charge >= 0.3 is 0 Å². The molecule has 12 rings (SSSR count). The smallest absolute Gasteiger partial charge is 0.160 e. The van der Waals surface area contributed by atoms with Gasteiger partial charge in [-0.2, -0.15) is 0 Å². The number of aromatic nitrogens is 2. The first kappa shape index (κ1) is 33.7. The third-order valence-electron chi connectivity index (χ3n) is 11.9. The molecule has 0 aliphatic carbocycles. The van der Waals surface area contributed by atoms with E-state index in [2.05, 4.69) is 200 Å². The molecule has 0 radical (unpaired) electrons. The van der Waals surface area contributed by atoms with Crippen LogP contribution in [0.5, 0.6) is 0 Å². The van der Waals surface area contributed by atoms with Crippen LogP contribution in [0.1, 0.15) is 0 Å². The Morgan fingerprint density at radius 3 is 1.76 bits per heavy atom. The zero-order valence-corrected chi connectivity index (χ0v) is 32.7. The lowest BCUT2D eigenvalue weighted by molar-refractivity contribution is 1.18. The van der Waals surface area contributed by atoms with Crippen molar-refractivity contribution in [3.63, 3.8) is 0 Å². The van der Waals surface area contributed by atoms with E-state index in [4.69, 9.17) is 9.97 Å². The van der Waals surface area contributed by atoms with Crippen molar-refractivity contribution < 1.29 is 0 Å². The van der Waals surface area contributed by atoms with Gasteiger partial charge in [0.15, 0.2) is 5.82 Å². The minimum absolute atomic E-state index is 0.705. The molecule has 3 heteroatoms. The minimum atomic E-state index is 0.705. The first-order chi connectivity index (χ1) is 29.2. The molecule has 59 heavy (non-hydrogen) atoms. The Bertz CT molecular complexity index is 3600. The highest BCUT2D eigenvalue weighted by atomic mass is 32.1. The summed E-state index contributed by atoms with van der Waals surface area (Å²) >= 11 is 1.85. The molecule has 2 aromatic heterocycles. The molecule has 0 saturated carbocycles. The van der Waals surface area contributed by atoms with Gasteiger partial charge in [-0.3, -0.25) is 0 Å². The van der Waals surface area contributed by atoms with Gasteiger partial charge in [-0.25, -0.2) is 9.97 Å². The maximum atomic E-state index is 5.30. The van der Waals surface area contributed by atoms with Gasteiger partial charge in [-0.15, -0.1) is 11.3 Å². The molecule has 0 saturated heterocycles. The van der Waals surface area contributed by atoms with Crippen molar-refractivity contribution in [1.82, 2.24) is 9.97 Å². The van der Waals surface area contributed by atoms with Gasteiger partial charge in [-0.1, -0.05) is 182 Å². The number of nitrogens with zero attached hydrogens (tertiary/aromatic N) is 2. The van der Waals surface area contributed by atoms with E-state index < -0.39 is 0 Å². The van der Waals surface area contributed by atoms with Gasteiger partial charge in [-0.05, 0) is 89.6 Å². The number of hydrogen-bond acceptors (Lipinski definition) is 3. The van der Waals surface area contributed by atoms with Gasteiger partial charge < -0.3 is 0 Å². The average molecular weight is 767 g/mol. The quantitative estimate of drug-likeness (QED) is 0.129. The Balaban J connectivity index is 1.04. The molecular weight excluding hydrogens is 733 g/mol. The monoisotopic (exact) mass is 766 g/mol. The van der Waals surface area contributed by atoms with E-state index in [0.717, 1.165) is 33.5 Å². The highest BCUT2D eigenvalue weighted by Gasteiger charge is 2.19. The topological polar surface area (TPSA) is 25.8 Å². The number of rotatable bonds is 5. The van der Waals surface area contributed by atoms with Crippen molar-refractivity contribution in [2.75, 3.05) is 0 Å². The van der Waals surface area contributed by atoms with Crippen molar-refractivity contribution in [1.29, 1.82) is 0 Å². The summed E-state index contributed by atoms with van der Waals surface area (Å²) in [7, 11) is 0. The molecule has 10 aromatic carbocycles. The number of thiophene rings is 1. The zero-order chi connectivity index (χ0) is 38.9. The predicted molar refractivity (Wildman–Crippen MR) is 252 cm³/mol. The Labute approximate surface area is 345 Å². The maximum Gasteiger partial charge on any atom is 0.160 e. The molecule has 0 N–H and O–H groups in total. The lowest BCUT2D eigenvalue weighted by Gasteiger charge is -2.17. The fourth-order valence-corrected chi connectivity index (χ4v) is 10.3. The molecule has 0 unspecified atom stereocenters. The normalized spacial score (nSPS) is 11.7. The molecule has 2 heterocycles. The van der Waals surface area contributed by atoms with E-state index in [1.165, 1.54) is 80.1 Å². The second-order valence-corrected chi connectivity index (χ2v) is 16.3. The fraction of sp³-hybridized carbons (Fsp3) is 0. The molecule has 0 spiro atoms. The molecule has 2 nitrogen and oxygen atoms in total. The van der Waals surface area contributed by atoms with Gasteiger partial charge in [0, 0.05) is 36.9 Å². The second-order valence-electron chi connectivity index (χ2n) is 15.2. The molecule has 0 fully saturated rings. The van der Waals surface area contributed by atoms with Crippen LogP contribution in [0.15, 0.2) is 206 Å². The lowest BCUT2D eigenvalue weighted by Crippen LogP contribution is -1.97. The molecule has 12 aromatic rings. The van der Waals surface area contributed by atoms with Crippen molar-refractivity contribution in [2.24, 2.45) is 0 Å². The maximum absolute atomic E-state index is 5.30. The molecular formula is C56H34N2S. The van der Waals surface area contributed by atoms with Crippen molar-refractivity contribution in [3.8, 4) is 56.2 Å². The van der Waals surface area contributed by atoms with Crippen LogP contribution in [0.3, 0.4) is 0 Å². The molecule has 0 aliphatic rings. The summed E-state index contributed by atoms with van der Waals surface area (Å²) in [5, 5.41) is 12.5. The average Bonchev–Trinajstić information content (AvgIpc) is 3.70. The third kappa shape index (κ3) is 5.55. The number of benzene rings is 10. The Kier molecular flexibility index (Phi) is 7.75. The van der Waals surface area contributed by atoms with E-state index in [9.17, 15) is 0 Å². The zero-order valence-electron chi connectivity index (χ0n) is 31.9. The first-order valence-electron chi connectivity index (χ1n) is 20.1. The number of hydrogen-bond donors (Lipinski definition) is 0.